The molecule has 1 fully saturated rings. The summed E-state index contributed by atoms with van der Waals surface area (Å²) in [4.78, 5) is 0. The van der Waals surface area contributed by atoms with Crippen molar-refractivity contribution in [2.75, 3.05) is 0 Å². The SMILES string of the molecule is CC1C[CH]NN1. The highest BCUT2D eigenvalue weighted by Gasteiger charge is 2.05. The van der Waals surface area contributed by atoms with Crippen molar-refractivity contribution in [1.29, 1.82) is 0 Å². The van der Waals surface area contributed by atoms with Crippen LogP contribution >= 0.6 is 0 Å². The third kappa shape index (κ3) is 0.698. The molecule has 2 nitrogen and oxygen atoms in total. The number of hydrogen-bond acceptors (Lipinski definition) is 2. The van der Waals surface area contributed by atoms with E-state index in [0.717, 1.165) is 6.42 Å². The van der Waals surface area contributed by atoms with Gasteiger partial charge in [-0.1, -0.05) is 0 Å². The Kier molecular flexibility index (Phi) is 1.08. The fourth-order valence-corrected chi connectivity index (χ4v) is 0.496. The van der Waals surface area contributed by atoms with Crippen molar-refractivity contribution >= 4 is 0 Å². The standard InChI is InChI=1S/C4H9N2/c1-4-2-3-5-6-4/h3-6H,2H2,1H3. The molecule has 1 atom stereocenters. The Morgan fingerprint density at radius 1 is 1.83 bits per heavy atom. The van der Waals surface area contributed by atoms with E-state index in [9.17, 15) is 0 Å². The second kappa shape index (κ2) is 1.58. The van der Waals surface area contributed by atoms with Crippen LogP contribution in [-0.2, 0) is 0 Å². The van der Waals surface area contributed by atoms with Gasteiger partial charge in [-0.2, -0.15) is 0 Å². The fourth-order valence-electron chi connectivity index (χ4n) is 0.496. The van der Waals surface area contributed by atoms with E-state index in [1.807, 2.05) is 6.54 Å². The quantitative estimate of drug-likeness (QED) is 0.434. The van der Waals surface area contributed by atoms with Crippen molar-refractivity contribution in [3.63, 3.8) is 0 Å². The zero-order chi connectivity index (χ0) is 4.41. The molecule has 2 N–H and O–H groups in total. The monoisotopic (exact) mass is 85.1 g/mol. The Morgan fingerprint density at radius 2 is 2.67 bits per heavy atom. The van der Waals surface area contributed by atoms with Gasteiger partial charge in [0, 0.05) is 12.6 Å². The molecule has 0 saturated carbocycles. The Balaban J connectivity index is 2.18. The summed E-state index contributed by atoms with van der Waals surface area (Å²) >= 11 is 0. The van der Waals surface area contributed by atoms with Gasteiger partial charge in [0.1, 0.15) is 0 Å². The summed E-state index contributed by atoms with van der Waals surface area (Å²) in [5.41, 5.74) is 5.91. The highest BCUT2D eigenvalue weighted by atomic mass is 15.4. The van der Waals surface area contributed by atoms with E-state index in [1.165, 1.54) is 0 Å². The van der Waals surface area contributed by atoms with Crippen LogP contribution in [0.2, 0.25) is 0 Å². The van der Waals surface area contributed by atoms with Crippen LogP contribution in [0.5, 0.6) is 0 Å². The minimum Gasteiger partial charge on any atom is -0.255 e. The molecule has 6 heavy (non-hydrogen) atoms. The Bertz CT molecular complexity index is 38.8. The predicted molar refractivity (Wildman–Crippen MR) is 24.7 cm³/mol. The first-order chi connectivity index (χ1) is 2.89. The van der Waals surface area contributed by atoms with Gasteiger partial charge >= 0.3 is 0 Å². The molecular formula is C4H9N2. The van der Waals surface area contributed by atoms with Gasteiger partial charge in [-0.15, -0.1) is 0 Å². The maximum absolute atomic E-state index is 3.01. The molecule has 0 aliphatic carbocycles. The van der Waals surface area contributed by atoms with E-state index in [4.69, 9.17) is 0 Å². The molecule has 1 unspecified atom stereocenters. The van der Waals surface area contributed by atoms with Gasteiger partial charge in [-0.25, -0.2) is 0 Å². The molecular weight excluding hydrogens is 76.1 g/mol. The molecule has 1 saturated heterocycles. The average Bonchev–Trinajstić information content (AvgIpc) is 1.86. The van der Waals surface area contributed by atoms with Crippen LogP contribution in [0.25, 0.3) is 0 Å². The summed E-state index contributed by atoms with van der Waals surface area (Å²) in [5, 5.41) is 0. The third-order valence-electron chi connectivity index (χ3n) is 0.903. The maximum atomic E-state index is 3.01. The van der Waals surface area contributed by atoms with Crippen LogP contribution in [0, 0.1) is 6.54 Å². The van der Waals surface area contributed by atoms with Crippen molar-refractivity contribution in [2.45, 2.75) is 19.4 Å². The van der Waals surface area contributed by atoms with Crippen molar-refractivity contribution in [2.24, 2.45) is 0 Å². The molecule has 1 radical (unpaired) electrons. The Labute approximate surface area is 37.9 Å². The first-order valence-corrected chi connectivity index (χ1v) is 2.22. The molecule has 2 heteroatoms. The molecule has 1 aliphatic heterocycles. The summed E-state index contributed by atoms with van der Waals surface area (Å²) in [5.74, 6) is 0. The lowest BCUT2D eigenvalue weighted by atomic mass is 10.3. The molecule has 1 rings (SSSR count). The van der Waals surface area contributed by atoms with Crippen LogP contribution in [0.15, 0.2) is 0 Å². The second-order valence-corrected chi connectivity index (χ2v) is 1.63. The number of rotatable bonds is 0. The minimum atomic E-state index is 0.630. The van der Waals surface area contributed by atoms with Crippen LogP contribution in [0.3, 0.4) is 0 Å². The van der Waals surface area contributed by atoms with Crippen molar-refractivity contribution in [3.8, 4) is 0 Å². The van der Waals surface area contributed by atoms with Gasteiger partial charge in [0.25, 0.3) is 0 Å². The molecule has 1 aliphatic rings. The average molecular weight is 85.1 g/mol. The van der Waals surface area contributed by atoms with E-state index < -0.39 is 0 Å². The summed E-state index contributed by atoms with van der Waals surface area (Å²) in [7, 11) is 0. The normalized spacial score (nSPS) is 34.5. The first-order valence-electron chi connectivity index (χ1n) is 2.22. The summed E-state index contributed by atoms with van der Waals surface area (Å²) in [6.07, 6.45) is 1.14. The van der Waals surface area contributed by atoms with Crippen LogP contribution in [0.1, 0.15) is 13.3 Å². The predicted octanol–water partition coefficient (Wildman–Crippen LogP) is 0.0346. The lowest BCUT2D eigenvalue weighted by Crippen LogP contribution is -2.26. The second-order valence-electron chi connectivity index (χ2n) is 1.63. The fraction of sp³-hybridized carbons (Fsp3) is 0.750. The topological polar surface area (TPSA) is 24.1 Å². The van der Waals surface area contributed by atoms with E-state index in [-0.39, 0.29) is 0 Å². The zero-order valence-electron chi connectivity index (χ0n) is 3.86. The number of hydrogen-bond donors (Lipinski definition) is 2. The van der Waals surface area contributed by atoms with Gasteiger partial charge in [0.2, 0.25) is 0 Å². The molecule has 1 heterocycles. The van der Waals surface area contributed by atoms with Crippen LogP contribution in [-0.4, -0.2) is 6.04 Å². The zero-order valence-corrected chi connectivity index (χ0v) is 3.86. The van der Waals surface area contributed by atoms with Crippen LogP contribution < -0.4 is 10.9 Å². The molecule has 0 aromatic carbocycles. The molecule has 0 spiro atoms. The van der Waals surface area contributed by atoms with Crippen molar-refractivity contribution < 1.29 is 0 Å². The number of nitrogens with one attached hydrogen (secondary N) is 2. The third-order valence-corrected chi connectivity index (χ3v) is 0.903. The van der Waals surface area contributed by atoms with Crippen molar-refractivity contribution in [1.82, 2.24) is 10.9 Å². The van der Waals surface area contributed by atoms with Gasteiger partial charge in [0.15, 0.2) is 0 Å². The number of hydrazine groups is 1. The maximum Gasteiger partial charge on any atom is 0.0395 e. The lowest BCUT2D eigenvalue weighted by Gasteiger charge is -1.94. The molecule has 35 valence electrons. The van der Waals surface area contributed by atoms with E-state index in [1.54, 1.807) is 0 Å². The summed E-state index contributed by atoms with van der Waals surface area (Å²) in [6.45, 7) is 4.15. The van der Waals surface area contributed by atoms with Gasteiger partial charge in [0.05, 0.1) is 0 Å². The Morgan fingerprint density at radius 3 is 2.83 bits per heavy atom. The van der Waals surface area contributed by atoms with Crippen LogP contribution in [0.4, 0.5) is 0 Å². The smallest absolute Gasteiger partial charge is 0.0395 e. The van der Waals surface area contributed by atoms with E-state index >= 15 is 0 Å². The van der Waals surface area contributed by atoms with Gasteiger partial charge < -0.3 is 0 Å². The van der Waals surface area contributed by atoms with Crippen molar-refractivity contribution in [3.05, 3.63) is 6.54 Å². The lowest BCUT2D eigenvalue weighted by molar-refractivity contribution is 0.598. The largest absolute Gasteiger partial charge is 0.255 e. The highest BCUT2D eigenvalue weighted by Crippen LogP contribution is 1.95. The molecule has 0 amide bonds. The molecule has 0 aromatic heterocycles. The Hall–Kier alpha value is -0.0800. The summed E-state index contributed by atoms with van der Waals surface area (Å²) < 4.78 is 0. The van der Waals surface area contributed by atoms with E-state index in [2.05, 4.69) is 17.8 Å². The van der Waals surface area contributed by atoms with E-state index in [0.29, 0.717) is 6.04 Å². The highest BCUT2D eigenvalue weighted by molar-refractivity contribution is 4.74. The van der Waals surface area contributed by atoms with Gasteiger partial charge in [-0.05, 0) is 13.3 Å². The first kappa shape index (κ1) is 4.09. The molecule has 0 bridgehead atoms. The summed E-state index contributed by atoms with van der Waals surface area (Å²) in [6, 6.07) is 0.630. The van der Waals surface area contributed by atoms with Gasteiger partial charge in [-0.3, -0.25) is 10.9 Å². The molecule has 0 aromatic rings. The minimum absolute atomic E-state index is 0.630.